The van der Waals surface area contributed by atoms with Crippen LogP contribution in [-0.4, -0.2) is 25.9 Å². The molecule has 2 aromatic rings. The average Bonchev–Trinajstić information content (AvgIpc) is 2.51. The quantitative estimate of drug-likeness (QED) is 0.599. The lowest BCUT2D eigenvalue weighted by atomic mass is 10.2. The fourth-order valence-corrected chi connectivity index (χ4v) is 2.01. The minimum Gasteiger partial charge on any atom is -0.397 e. The molecule has 0 saturated heterocycles. The molecule has 0 aliphatic carbocycles. The third kappa shape index (κ3) is 4.23. The first-order chi connectivity index (χ1) is 10.9. The van der Waals surface area contributed by atoms with Gasteiger partial charge in [0.05, 0.1) is 11.4 Å². The summed E-state index contributed by atoms with van der Waals surface area (Å²) < 4.78 is 0. The number of carbonyl (C=O) groups excluding carboxylic acids is 2. The van der Waals surface area contributed by atoms with E-state index in [9.17, 15) is 9.59 Å². The number of benzene rings is 2. The summed E-state index contributed by atoms with van der Waals surface area (Å²) >= 11 is 0. The number of rotatable bonds is 3. The van der Waals surface area contributed by atoms with Crippen molar-refractivity contribution in [3.05, 3.63) is 48.0 Å². The van der Waals surface area contributed by atoms with Crippen LogP contribution in [0.4, 0.5) is 22.7 Å². The first kappa shape index (κ1) is 16.4. The Morgan fingerprint density at radius 1 is 1.00 bits per heavy atom. The van der Waals surface area contributed by atoms with Crippen molar-refractivity contribution in [2.24, 2.45) is 0 Å². The molecule has 0 aliphatic heterocycles. The van der Waals surface area contributed by atoms with E-state index < -0.39 is 11.8 Å². The van der Waals surface area contributed by atoms with Gasteiger partial charge in [0.15, 0.2) is 0 Å². The van der Waals surface area contributed by atoms with Crippen molar-refractivity contribution in [2.45, 2.75) is 6.92 Å². The van der Waals surface area contributed by atoms with Crippen LogP contribution in [-0.2, 0) is 9.59 Å². The molecule has 6 heteroatoms. The number of nitrogens with one attached hydrogen (secondary N) is 2. The van der Waals surface area contributed by atoms with Crippen molar-refractivity contribution in [2.75, 3.05) is 35.4 Å². The first-order valence-corrected chi connectivity index (χ1v) is 7.12. The van der Waals surface area contributed by atoms with Gasteiger partial charge in [-0.05, 0) is 42.8 Å². The van der Waals surface area contributed by atoms with Crippen LogP contribution in [0.5, 0.6) is 0 Å². The van der Waals surface area contributed by atoms with E-state index in [0.29, 0.717) is 17.1 Å². The van der Waals surface area contributed by atoms with E-state index in [1.165, 1.54) is 0 Å². The third-order valence-electron chi connectivity index (χ3n) is 3.28. The van der Waals surface area contributed by atoms with E-state index in [1.54, 1.807) is 30.3 Å². The fraction of sp³-hybridized carbons (Fsp3) is 0.176. The minimum atomic E-state index is -0.766. The Kier molecular flexibility index (Phi) is 4.85. The van der Waals surface area contributed by atoms with Crippen molar-refractivity contribution >= 4 is 34.6 Å². The predicted octanol–water partition coefficient (Wildman–Crippen LogP) is 2.22. The van der Waals surface area contributed by atoms with E-state index in [1.807, 2.05) is 38.1 Å². The number of hydrogen-bond acceptors (Lipinski definition) is 4. The van der Waals surface area contributed by atoms with E-state index in [4.69, 9.17) is 5.73 Å². The average molecular weight is 312 g/mol. The number of anilines is 4. The highest BCUT2D eigenvalue weighted by Gasteiger charge is 2.15. The molecule has 0 unspecified atom stereocenters. The van der Waals surface area contributed by atoms with Crippen molar-refractivity contribution in [3.63, 3.8) is 0 Å². The summed E-state index contributed by atoms with van der Waals surface area (Å²) in [4.78, 5) is 25.9. The van der Waals surface area contributed by atoms with Crippen LogP contribution in [0.25, 0.3) is 0 Å². The molecule has 6 nitrogen and oxygen atoms in total. The lowest BCUT2D eigenvalue weighted by molar-refractivity contribution is -0.132. The third-order valence-corrected chi connectivity index (χ3v) is 3.28. The lowest BCUT2D eigenvalue weighted by Gasteiger charge is -2.14. The van der Waals surface area contributed by atoms with Crippen molar-refractivity contribution < 1.29 is 9.59 Å². The fourth-order valence-electron chi connectivity index (χ4n) is 2.01. The zero-order valence-electron chi connectivity index (χ0n) is 13.4. The van der Waals surface area contributed by atoms with Crippen LogP contribution >= 0.6 is 0 Å². The van der Waals surface area contributed by atoms with Crippen LogP contribution in [0.3, 0.4) is 0 Å². The number of nitrogens with two attached hydrogens (primary N) is 1. The molecule has 0 aliphatic rings. The summed E-state index contributed by atoms with van der Waals surface area (Å²) in [6.07, 6.45) is 0. The highest BCUT2D eigenvalue weighted by Crippen LogP contribution is 2.20. The van der Waals surface area contributed by atoms with Gasteiger partial charge in [0.25, 0.3) is 0 Å². The number of nitrogens with zero attached hydrogens (tertiary/aromatic N) is 1. The molecule has 0 saturated carbocycles. The Labute approximate surface area is 135 Å². The van der Waals surface area contributed by atoms with Crippen LogP contribution < -0.4 is 21.3 Å². The second-order valence-electron chi connectivity index (χ2n) is 5.44. The molecule has 4 N–H and O–H groups in total. The molecule has 0 bridgehead atoms. The summed E-state index contributed by atoms with van der Waals surface area (Å²) in [7, 11) is 3.79. The Balaban J connectivity index is 2.07. The first-order valence-electron chi connectivity index (χ1n) is 7.12. The van der Waals surface area contributed by atoms with Gasteiger partial charge >= 0.3 is 11.8 Å². The van der Waals surface area contributed by atoms with E-state index in [0.717, 1.165) is 11.3 Å². The van der Waals surface area contributed by atoms with Crippen molar-refractivity contribution in [1.82, 2.24) is 0 Å². The van der Waals surface area contributed by atoms with Crippen LogP contribution in [0.2, 0.25) is 0 Å². The minimum absolute atomic E-state index is 0.409. The van der Waals surface area contributed by atoms with Crippen LogP contribution in [0, 0.1) is 6.92 Å². The summed E-state index contributed by atoms with van der Waals surface area (Å²) in [6.45, 7) is 1.88. The zero-order chi connectivity index (χ0) is 17.0. The largest absolute Gasteiger partial charge is 0.397 e. The van der Waals surface area contributed by atoms with E-state index in [2.05, 4.69) is 10.6 Å². The van der Waals surface area contributed by atoms with Crippen molar-refractivity contribution in [3.8, 4) is 0 Å². The Hall–Kier alpha value is -3.02. The van der Waals surface area contributed by atoms with Crippen LogP contribution in [0.1, 0.15) is 5.56 Å². The summed E-state index contributed by atoms with van der Waals surface area (Å²) in [6, 6.07) is 12.4. The monoisotopic (exact) mass is 312 g/mol. The van der Waals surface area contributed by atoms with Gasteiger partial charge in [0.1, 0.15) is 0 Å². The Bertz CT molecular complexity index is 741. The highest BCUT2D eigenvalue weighted by atomic mass is 16.2. The van der Waals surface area contributed by atoms with Crippen molar-refractivity contribution in [1.29, 1.82) is 0 Å². The molecule has 0 fully saturated rings. The molecule has 0 heterocycles. The maximum Gasteiger partial charge on any atom is 0.314 e. The second-order valence-corrected chi connectivity index (χ2v) is 5.44. The molecule has 0 atom stereocenters. The van der Waals surface area contributed by atoms with Gasteiger partial charge in [-0.3, -0.25) is 9.59 Å². The Morgan fingerprint density at radius 3 is 2.39 bits per heavy atom. The van der Waals surface area contributed by atoms with Gasteiger partial charge in [-0.25, -0.2) is 0 Å². The van der Waals surface area contributed by atoms with Gasteiger partial charge in [0, 0.05) is 25.5 Å². The maximum atomic E-state index is 12.0. The molecule has 2 rings (SSSR count). The summed E-state index contributed by atoms with van der Waals surface area (Å²) in [5.41, 5.74) is 9.03. The molecule has 2 aromatic carbocycles. The molecule has 0 radical (unpaired) electrons. The number of carbonyl (C=O) groups is 2. The van der Waals surface area contributed by atoms with Gasteiger partial charge < -0.3 is 21.3 Å². The molecular formula is C17H20N4O2. The second kappa shape index (κ2) is 6.83. The highest BCUT2D eigenvalue weighted by molar-refractivity contribution is 6.43. The number of nitrogen functional groups attached to an aromatic ring is 1. The van der Waals surface area contributed by atoms with Gasteiger partial charge in [0.2, 0.25) is 0 Å². The lowest BCUT2D eigenvalue weighted by Crippen LogP contribution is -2.29. The number of amides is 2. The normalized spacial score (nSPS) is 10.0. The Morgan fingerprint density at radius 2 is 1.70 bits per heavy atom. The molecule has 120 valence electrons. The van der Waals surface area contributed by atoms with Gasteiger partial charge in [-0.15, -0.1) is 0 Å². The number of aryl methyl sites for hydroxylation is 1. The standard InChI is InChI=1S/C17H20N4O2/c1-11-7-8-14(18)15(9-11)20-17(23)16(22)19-12-5-4-6-13(10-12)21(2)3/h4-10H,18H2,1-3H3,(H,19,22)(H,20,23). The topological polar surface area (TPSA) is 87.5 Å². The SMILES string of the molecule is Cc1ccc(N)c(NC(=O)C(=O)Nc2cccc(N(C)C)c2)c1. The van der Waals surface area contributed by atoms with Crippen LogP contribution in [0.15, 0.2) is 42.5 Å². The smallest absolute Gasteiger partial charge is 0.314 e. The predicted molar refractivity (Wildman–Crippen MR) is 93.6 cm³/mol. The van der Waals surface area contributed by atoms with Gasteiger partial charge in [-0.1, -0.05) is 12.1 Å². The molecular weight excluding hydrogens is 292 g/mol. The molecule has 0 spiro atoms. The molecule has 2 amide bonds. The molecule has 0 aromatic heterocycles. The van der Waals surface area contributed by atoms with E-state index >= 15 is 0 Å². The van der Waals surface area contributed by atoms with E-state index in [-0.39, 0.29) is 0 Å². The summed E-state index contributed by atoms with van der Waals surface area (Å²) in [5.74, 6) is -1.51. The number of hydrogen-bond donors (Lipinski definition) is 3. The maximum absolute atomic E-state index is 12.0. The van der Waals surface area contributed by atoms with Gasteiger partial charge in [-0.2, -0.15) is 0 Å². The molecule has 23 heavy (non-hydrogen) atoms. The zero-order valence-corrected chi connectivity index (χ0v) is 13.4. The summed E-state index contributed by atoms with van der Waals surface area (Å²) in [5, 5.41) is 5.09.